The van der Waals surface area contributed by atoms with E-state index in [1.807, 2.05) is 19.1 Å². The lowest BCUT2D eigenvalue weighted by atomic mass is 9.95. The van der Waals surface area contributed by atoms with E-state index in [1.165, 1.54) is 28.8 Å². The van der Waals surface area contributed by atoms with E-state index >= 15 is 0 Å². The van der Waals surface area contributed by atoms with Gasteiger partial charge in [-0.15, -0.1) is 0 Å². The number of fused-ring (bicyclic) bond motifs is 1. The number of ether oxygens (including phenoxy) is 1. The zero-order valence-corrected chi connectivity index (χ0v) is 15.3. The number of carbonyl (C=O) groups is 1. The molecule has 0 atom stereocenters. The molecule has 1 aromatic carbocycles. The summed E-state index contributed by atoms with van der Waals surface area (Å²) in [7, 11) is 0. The molecule has 24 heavy (non-hydrogen) atoms. The molecule has 0 aromatic heterocycles. The van der Waals surface area contributed by atoms with E-state index in [1.54, 1.807) is 0 Å². The van der Waals surface area contributed by atoms with Gasteiger partial charge in [0.15, 0.2) is 0 Å². The summed E-state index contributed by atoms with van der Waals surface area (Å²) in [4.78, 5) is 13.8. The lowest BCUT2D eigenvalue weighted by Gasteiger charge is -2.35. The third-order valence-electron chi connectivity index (χ3n) is 4.38. The van der Waals surface area contributed by atoms with Crippen LogP contribution in [0.4, 0.5) is 5.69 Å². The minimum Gasteiger partial charge on any atom is -0.466 e. The van der Waals surface area contributed by atoms with Crippen molar-refractivity contribution in [1.82, 2.24) is 0 Å². The van der Waals surface area contributed by atoms with Crippen LogP contribution in [0, 0.1) is 0 Å². The highest BCUT2D eigenvalue weighted by Gasteiger charge is 2.19. The van der Waals surface area contributed by atoms with Crippen LogP contribution < -0.4 is 4.90 Å². The van der Waals surface area contributed by atoms with Crippen molar-refractivity contribution in [2.24, 2.45) is 0 Å². The number of allylic oxidation sites excluding steroid dienone is 3. The zero-order valence-electron chi connectivity index (χ0n) is 15.3. The first kappa shape index (κ1) is 18.3. The van der Waals surface area contributed by atoms with Gasteiger partial charge in [0.25, 0.3) is 0 Å². The summed E-state index contributed by atoms with van der Waals surface area (Å²) in [6, 6.07) is 7.31. The van der Waals surface area contributed by atoms with Gasteiger partial charge in [-0.05, 0) is 69.4 Å². The molecule has 1 aliphatic rings. The first-order chi connectivity index (χ1) is 11.5. The molecule has 0 aliphatic carbocycles. The second kappa shape index (κ2) is 8.72. The van der Waals surface area contributed by atoms with E-state index in [0.717, 1.165) is 13.0 Å². The second-order valence-corrected chi connectivity index (χ2v) is 6.52. The Morgan fingerprint density at radius 3 is 2.88 bits per heavy atom. The fourth-order valence-electron chi connectivity index (χ4n) is 3.10. The summed E-state index contributed by atoms with van der Waals surface area (Å²) >= 11 is 0. The van der Waals surface area contributed by atoms with Crippen molar-refractivity contribution >= 4 is 17.2 Å². The Kier molecular flexibility index (Phi) is 6.65. The summed E-state index contributed by atoms with van der Waals surface area (Å²) in [5.74, 6) is -0.178. The van der Waals surface area contributed by atoms with Gasteiger partial charge in [0.05, 0.1) is 13.0 Å². The average Bonchev–Trinajstić information content (AvgIpc) is 2.57. The lowest BCUT2D eigenvalue weighted by Crippen LogP contribution is -2.35. The Hall–Kier alpha value is -2.03. The highest BCUT2D eigenvalue weighted by atomic mass is 16.5. The number of hydrogen-bond acceptors (Lipinski definition) is 3. The van der Waals surface area contributed by atoms with E-state index in [2.05, 4.69) is 49.9 Å². The predicted octanol–water partition coefficient (Wildman–Crippen LogP) is 4.76. The van der Waals surface area contributed by atoms with Crippen LogP contribution in [0.5, 0.6) is 0 Å². The van der Waals surface area contributed by atoms with Gasteiger partial charge in [0.2, 0.25) is 0 Å². The fraction of sp³-hybridized carbons (Fsp3) is 0.476. The monoisotopic (exact) mass is 327 g/mol. The minimum absolute atomic E-state index is 0.178. The molecule has 0 bridgehead atoms. The maximum absolute atomic E-state index is 11.3. The number of esters is 1. The molecule has 0 spiro atoms. The Bertz CT molecular complexity index is 629. The van der Waals surface area contributed by atoms with Crippen molar-refractivity contribution in [2.75, 3.05) is 18.1 Å². The SMILES string of the molecule is CCOC(=O)CC=CC=C(C)c1ccc2c(c1)CCCN2C(C)C. The summed E-state index contributed by atoms with van der Waals surface area (Å²) in [6.45, 7) is 10.0. The molecule has 2 rings (SSSR count). The number of rotatable bonds is 6. The van der Waals surface area contributed by atoms with E-state index in [9.17, 15) is 4.79 Å². The van der Waals surface area contributed by atoms with Crippen molar-refractivity contribution in [3.05, 3.63) is 47.6 Å². The Morgan fingerprint density at radius 2 is 2.17 bits per heavy atom. The van der Waals surface area contributed by atoms with Gasteiger partial charge in [-0.1, -0.05) is 24.3 Å². The molecular formula is C21H29NO2. The summed E-state index contributed by atoms with van der Waals surface area (Å²) in [5.41, 5.74) is 5.28. The summed E-state index contributed by atoms with van der Waals surface area (Å²) in [5, 5.41) is 0. The molecular weight excluding hydrogens is 298 g/mol. The van der Waals surface area contributed by atoms with Crippen molar-refractivity contribution in [2.45, 2.75) is 53.0 Å². The van der Waals surface area contributed by atoms with Crippen molar-refractivity contribution in [3.63, 3.8) is 0 Å². The van der Waals surface area contributed by atoms with Crippen LogP contribution in [0.3, 0.4) is 0 Å². The molecule has 0 N–H and O–H groups in total. The molecule has 0 fully saturated rings. The van der Waals surface area contributed by atoms with Crippen LogP contribution in [0.2, 0.25) is 0 Å². The maximum Gasteiger partial charge on any atom is 0.309 e. The highest BCUT2D eigenvalue weighted by molar-refractivity contribution is 5.72. The van der Waals surface area contributed by atoms with E-state index in [0.29, 0.717) is 19.1 Å². The number of nitrogens with zero attached hydrogens (tertiary/aromatic N) is 1. The van der Waals surface area contributed by atoms with E-state index in [-0.39, 0.29) is 5.97 Å². The molecule has 0 amide bonds. The fourth-order valence-corrected chi connectivity index (χ4v) is 3.10. The number of aryl methyl sites for hydroxylation is 1. The zero-order chi connectivity index (χ0) is 17.5. The van der Waals surface area contributed by atoms with Crippen LogP contribution in [-0.2, 0) is 16.0 Å². The Balaban J connectivity index is 2.08. The first-order valence-corrected chi connectivity index (χ1v) is 8.92. The van der Waals surface area contributed by atoms with Gasteiger partial charge >= 0.3 is 5.97 Å². The number of benzene rings is 1. The minimum atomic E-state index is -0.178. The normalized spacial score (nSPS) is 15.0. The molecule has 0 saturated carbocycles. The standard InChI is InChI=1S/C21H29NO2/c1-5-24-21(23)11-7-6-9-17(4)18-12-13-20-19(15-18)10-8-14-22(20)16(2)3/h6-7,9,12-13,15-16H,5,8,10-11,14H2,1-4H3. The molecule has 1 heterocycles. The van der Waals surface area contributed by atoms with Gasteiger partial charge in [0, 0.05) is 18.3 Å². The third-order valence-corrected chi connectivity index (χ3v) is 4.38. The van der Waals surface area contributed by atoms with Gasteiger partial charge in [-0.3, -0.25) is 4.79 Å². The number of hydrogen-bond donors (Lipinski definition) is 0. The van der Waals surface area contributed by atoms with Gasteiger partial charge in [-0.2, -0.15) is 0 Å². The Labute approximate surface area is 146 Å². The van der Waals surface area contributed by atoms with Crippen LogP contribution in [-0.4, -0.2) is 25.2 Å². The molecule has 1 aromatic rings. The lowest BCUT2D eigenvalue weighted by molar-refractivity contribution is -0.142. The largest absolute Gasteiger partial charge is 0.466 e. The van der Waals surface area contributed by atoms with Gasteiger partial charge < -0.3 is 9.64 Å². The maximum atomic E-state index is 11.3. The average molecular weight is 327 g/mol. The van der Waals surface area contributed by atoms with Crippen molar-refractivity contribution in [1.29, 1.82) is 0 Å². The second-order valence-electron chi connectivity index (χ2n) is 6.52. The third kappa shape index (κ3) is 4.73. The van der Waals surface area contributed by atoms with Crippen LogP contribution in [0.15, 0.2) is 36.4 Å². The van der Waals surface area contributed by atoms with Gasteiger partial charge in [0.1, 0.15) is 0 Å². The molecule has 0 unspecified atom stereocenters. The number of carbonyl (C=O) groups excluding carboxylic acids is 1. The topological polar surface area (TPSA) is 29.5 Å². The Morgan fingerprint density at radius 1 is 1.38 bits per heavy atom. The first-order valence-electron chi connectivity index (χ1n) is 8.92. The van der Waals surface area contributed by atoms with Gasteiger partial charge in [-0.25, -0.2) is 0 Å². The quantitative estimate of drug-likeness (QED) is 0.557. The molecule has 130 valence electrons. The van der Waals surface area contributed by atoms with E-state index in [4.69, 9.17) is 4.74 Å². The van der Waals surface area contributed by atoms with Crippen molar-refractivity contribution < 1.29 is 9.53 Å². The molecule has 0 radical (unpaired) electrons. The summed E-state index contributed by atoms with van der Waals surface area (Å²) < 4.78 is 4.91. The van der Waals surface area contributed by atoms with Crippen LogP contribution >= 0.6 is 0 Å². The molecule has 0 saturated heterocycles. The molecule has 3 nitrogen and oxygen atoms in total. The van der Waals surface area contributed by atoms with Crippen LogP contribution in [0.1, 0.15) is 51.7 Å². The number of anilines is 1. The highest BCUT2D eigenvalue weighted by Crippen LogP contribution is 2.31. The smallest absolute Gasteiger partial charge is 0.309 e. The van der Waals surface area contributed by atoms with E-state index < -0.39 is 0 Å². The summed E-state index contributed by atoms with van der Waals surface area (Å²) in [6.07, 6.45) is 8.54. The molecule has 3 heteroatoms. The molecule has 1 aliphatic heterocycles. The predicted molar refractivity (Wildman–Crippen MR) is 101 cm³/mol. The van der Waals surface area contributed by atoms with Crippen molar-refractivity contribution in [3.8, 4) is 0 Å². The van der Waals surface area contributed by atoms with Crippen LogP contribution in [0.25, 0.3) is 5.57 Å².